The molecule has 30 heavy (non-hydrogen) atoms. The van der Waals surface area contributed by atoms with Gasteiger partial charge in [0.2, 0.25) is 11.7 Å². The van der Waals surface area contributed by atoms with E-state index in [1.807, 2.05) is 24.3 Å². The van der Waals surface area contributed by atoms with E-state index in [2.05, 4.69) is 34.0 Å². The van der Waals surface area contributed by atoms with Gasteiger partial charge in [-0.1, -0.05) is 50.2 Å². The lowest BCUT2D eigenvalue weighted by Crippen LogP contribution is -2.30. The second-order valence-electron chi connectivity index (χ2n) is 7.19. The van der Waals surface area contributed by atoms with Crippen molar-refractivity contribution in [3.05, 3.63) is 59.7 Å². The minimum Gasteiger partial charge on any atom is -0.435 e. The van der Waals surface area contributed by atoms with Crippen molar-refractivity contribution >= 4 is 5.91 Å². The van der Waals surface area contributed by atoms with Crippen molar-refractivity contribution in [1.29, 1.82) is 0 Å². The van der Waals surface area contributed by atoms with E-state index in [0.717, 1.165) is 11.1 Å². The second-order valence-corrected chi connectivity index (χ2v) is 7.19. The molecule has 2 aromatic carbocycles. The highest BCUT2D eigenvalue weighted by Gasteiger charge is 2.14. The molecule has 0 radical (unpaired) electrons. The van der Waals surface area contributed by atoms with Gasteiger partial charge in [0, 0.05) is 19.2 Å². The van der Waals surface area contributed by atoms with Gasteiger partial charge in [0.1, 0.15) is 12.3 Å². The fourth-order valence-electron chi connectivity index (χ4n) is 2.82. The molecule has 0 aliphatic carbocycles. The maximum absolute atomic E-state index is 12.5. The third-order valence-electron chi connectivity index (χ3n) is 4.56. The monoisotopic (exact) mass is 415 g/mol. The second kappa shape index (κ2) is 9.43. The molecular formula is C21H23F2N5O2. The molecule has 0 saturated heterocycles. The number of benzene rings is 2. The Kier molecular flexibility index (Phi) is 6.71. The fraction of sp³-hybridized carbons (Fsp3) is 0.333. The van der Waals surface area contributed by atoms with E-state index in [0.29, 0.717) is 18.3 Å². The van der Waals surface area contributed by atoms with Gasteiger partial charge >= 0.3 is 6.61 Å². The summed E-state index contributed by atoms with van der Waals surface area (Å²) in [7, 11) is 1.65. The van der Waals surface area contributed by atoms with Crippen molar-refractivity contribution in [3.63, 3.8) is 0 Å². The molecule has 3 aromatic rings. The summed E-state index contributed by atoms with van der Waals surface area (Å²) in [6.45, 7) is 1.63. The third kappa shape index (κ3) is 5.59. The summed E-state index contributed by atoms with van der Waals surface area (Å²) in [5.74, 6) is 0.754. The highest BCUT2D eigenvalue weighted by Crippen LogP contribution is 2.19. The van der Waals surface area contributed by atoms with E-state index in [1.165, 1.54) is 27.4 Å². The van der Waals surface area contributed by atoms with E-state index < -0.39 is 6.61 Å². The molecule has 0 saturated carbocycles. The molecule has 1 amide bonds. The van der Waals surface area contributed by atoms with Crippen molar-refractivity contribution in [2.45, 2.75) is 39.5 Å². The molecule has 0 fully saturated rings. The van der Waals surface area contributed by atoms with Crippen LogP contribution in [0.5, 0.6) is 5.75 Å². The molecule has 158 valence electrons. The van der Waals surface area contributed by atoms with Crippen LogP contribution in [-0.2, 0) is 17.9 Å². The van der Waals surface area contributed by atoms with Crippen LogP contribution >= 0.6 is 0 Å². The van der Waals surface area contributed by atoms with Crippen LogP contribution in [0.1, 0.15) is 30.9 Å². The first kappa shape index (κ1) is 21.4. The SMILES string of the molecule is CC(C)c1ccc(-c2nnn(CC(=O)N(C)Cc3ccc(OC(F)F)cc3)n2)cc1. The number of aromatic nitrogens is 4. The van der Waals surface area contributed by atoms with Crippen molar-refractivity contribution in [2.24, 2.45) is 0 Å². The number of alkyl halides is 2. The predicted molar refractivity (Wildman–Crippen MR) is 107 cm³/mol. The Morgan fingerprint density at radius 3 is 2.37 bits per heavy atom. The summed E-state index contributed by atoms with van der Waals surface area (Å²) in [6, 6.07) is 14.1. The van der Waals surface area contributed by atoms with Crippen molar-refractivity contribution in [1.82, 2.24) is 25.1 Å². The molecule has 0 aliphatic heterocycles. The van der Waals surface area contributed by atoms with Crippen LogP contribution in [0, 0.1) is 0 Å². The van der Waals surface area contributed by atoms with Gasteiger partial charge in [-0.15, -0.1) is 10.2 Å². The van der Waals surface area contributed by atoms with Crippen molar-refractivity contribution in [3.8, 4) is 17.1 Å². The van der Waals surface area contributed by atoms with Crippen LogP contribution in [0.25, 0.3) is 11.4 Å². The van der Waals surface area contributed by atoms with Gasteiger partial charge in [0.05, 0.1) is 0 Å². The zero-order valence-corrected chi connectivity index (χ0v) is 17.0. The molecule has 0 unspecified atom stereocenters. The molecule has 0 N–H and O–H groups in total. The van der Waals surface area contributed by atoms with E-state index in [4.69, 9.17) is 0 Å². The quantitative estimate of drug-likeness (QED) is 0.561. The van der Waals surface area contributed by atoms with Gasteiger partial charge in [-0.2, -0.15) is 13.6 Å². The van der Waals surface area contributed by atoms with Crippen LogP contribution in [-0.4, -0.2) is 44.7 Å². The Balaban J connectivity index is 1.58. The summed E-state index contributed by atoms with van der Waals surface area (Å²) in [6.07, 6.45) is 0. The number of hydrogen-bond acceptors (Lipinski definition) is 5. The predicted octanol–water partition coefficient (Wildman–Crippen LogP) is 3.72. The zero-order valence-electron chi connectivity index (χ0n) is 17.0. The van der Waals surface area contributed by atoms with E-state index >= 15 is 0 Å². The Hall–Kier alpha value is -3.36. The number of ether oxygens (including phenoxy) is 1. The van der Waals surface area contributed by atoms with Gasteiger partial charge in [0.15, 0.2) is 0 Å². The molecule has 0 spiro atoms. The molecule has 0 aliphatic rings. The number of nitrogens with zero attached hydrogens (tertiary/aromatic N) is 5. The average Bonchev–Trinajstić information content (AvgIpc) is 3.17. The Morgan fingerprint density at radius 1 is 1.10 bits per heavy atom. The first-order valence-corrected chi connectivity index (χ1v) is 9.47. The molecular weight excluding hydrogens is 392 g/mol. The van der Waals surface area contributed by atoms with Gasteiger partial charge in [-0.3, -0.25) is 4.79 Å². The van der Waals surface area contributed by atoms with Crippen LogP contribution in [0.3, 0.4) is 0 Å². The highest BCUT2D eigenvalue weighted by molar-refractivity contribution is 5.75. The summed E-state index contributed by atoms with van der Waals surface area (Å²) in [5.41, 5.74) is 2.83. The minimum atomic E-state index is -2.87. The number of halogens is 2. The van der Waals surface area contributed by atoms with Gasteiger partial charge in [-0.05, 0) is 34.4 Å². The molecule has 9 heteroatoms. The third-order valence-corrected chi connectivity index (χ3v) is 4.56. The van der Waals surface area contributed by atoms with Gasteiger partial charge in [-0.25, -0.2) is 0 Å². The minimum absolute atomic E-state index is 0.0554. The fourth-order valence-corrected chi connectivity index (χ4v) is 2.82. The van der Waals surface area contributed by atoms with Crippen LogP contribution in [0.2, 0.25) is 0 Å². The number of carbonyl (C=O) groups excluding carboxylic acids is 1. The lowest BCUT2D eigenvalue weighted by Gasteiger charge is -2.17. The lowest BCUT2D eigenvalue weighted by atomic mass is 10.0. The molecule has 0 bridgehead atoms. The smallest absolute Gasteiger partial charge is 0.387 e. The summed E-state index contributed by atoms with van der Waals surface area (Å²) in [5, 5.41) is 12.3. The normalized spacial score (nSPS) is 11.2. The maximum atomic E-state index is 12.5. The first-order chi connectivity index (χ1) is 14.3. The Labute approximate surface area is 173 Å². The van der Waals surface area contributed by atoms with Crippen LogP contribution < -0.4 is 4.74 Å². The zero-order chi connectivity index (χ0) is 21.7. The topological polar surface area (TPSA) is 73.1 Å². The van der Waals surface area contributed by atoms with Crippen molar-refractivity contribution in [2.75, 3.05) is 7.05 Å². The largest absolute Gasteiger partial charge is 0.435 e. The highest BCUT2D eigenvalue weighted by atomic mass is 19.3. The van der Waals surface area contributed by atoms with Crippen molar-refractivity contribution < 1.29 is 18.3 Å². The van der Waals surface area contributed by atoms with Crippen LogP contribution in [0.15, 0.2) is 48.5 Å². The number of likely N-dealkylation sites (N-methyl/N-ethyl adjacent to an activating group) is 1. The summed E-state index contributed by atoms with van der Waals surface area (Å²) in [4.78, 5) is 15.2. The van der Waals surface area contributed by atoms with E-state index in [1.54, 1.807) is 19.2 Å². The maximum Gasteiger partial charge on any atom is 0.387 e. The molecule has 7 nitrogen and oxygen atoms in total. The van der Waals surface area contributed by atoms with Gasteiger partial charge in [0.25, 0.3) is 0 Å². The number of tetrazole rings is 1. The number of hydrogen-bond donors (Lipinski definition) is 0. The summed E-state index contributed by atoms with van der Waals surface area (Å²) < 4.78 is 28.7. The molecule has 3 rings (SSSR count). The molecule has 0 atom stereocenters. The van der Waals surface area contributed by atoms with E-state index in [-0.39, 0.29) is 18.2 Å². The number of rotatable bonds is 8. The summed E-state index contributed by atoms with van der Waals surface area (Å²) >= 11 is 0. The first-order valence-electron chi connectivity index (χ1n) is 9.47. The average molecular weight is 415 g/mol. The number of amides is 1. The number of carbonyl (C=O) groups is 1. The lowest BCUT2D eigenvalue weighted by molar-refractivity contribution is -0.131. The van der Waals surface area contributed by atoms with E-state index in [9.17, 15) is 13.6 Å². The molecule has 1 aromatic heterocycles. The van der Waals surface area contributed by atoms with Gasteiger partial charge < -0.3 is 9.64 Å². The Bertz CT molecular complexity index is 972. The van der Waals surface area contributed by atoms with Crippen LogP contribution in [0.4, 0.5) is 8.78 Å². The Morgan fingerprint density at radius 2 is 1.77 bits per heavy atom. The molecule has 1 heterocycles. The standard InChI is InChI=1S/C21H23F2N5O2/c1-14(2)16-6-8-17(9-7-16)20-24-26-28(25-20)13-19(29)27(3)12-15-4-10-18(11-5-15)30-21(22)23/h4-11,14,21H,12-13H2,1-3H3.